The van der Waals surface area contributed by atoms with Gasteiger partial charge in [-0.15, -0.1) is 0 Å². The standard InChI is InChI=1S/C19H28ClNOS/c1-4-7-8-9-10-18(15-19(22)21(5-2)6-3)23-17-13-11-16(20)12-14-17/h11-15H,4-10H2,1-3H3/b18-15+. The molecule has 0 bridgehead atoms. The minimum atomic E-state index is 0.113. The second-order valence-corrected chi connectivity index (χ2v) is 7.12. The summed E-state index contributed by atoms with van der Waals surface area (Å²) in [7, 11) is 0. The summed E-state index contributed by atoms with van der Waals surface area (Å²) in [6, 6.07) is 7.80. The maximum absolute atomic E-state index is 12.4. The molecule has 0 heterocycles. The summed E-state index contributed by atoms with van der Waals surface area (Å²) in [6.45, 7) is 7.75. The molecule has 0 aliphatic carbocycles. The minimum absolute atomic E-state index is 0.113. The fraction of sp³-hybridized carbons (Fsp3) is 0.526. The van der Waals surface area contributed by atoms with Gasteiger partial charge in [-0.3, -0.25) is 4.79 Å². The first kappa shape index (κ1) is 20.1. The van der Waals surface area contributed by atoms with Crippen LogP contribution in [0, 0.1) is 0 Å². The zero-order valence-corrected chi connectivity index (χ0v) is 16.1. The molecule has 1 aromatic rings. The van der Waals surface area contributed by atoms with Gasteiger partial charge in [0.25, 0.3) is 0 Å². The third kappa shape index (κ3) is 7.94. The highest BCUT2D eigenvalue weighted by Gasteiger charge is 2.10. The number of thioether (sulfide) groups is 1. The molecule has 23 heavy (non-hydrogen) atoms. The maximum atomic E-state index is 12.4. The molecule has 0 aromatic heterocycles. The Bertz CT molecular complexity index is 495. The largest absolute Gasteiger partial charge is 0.340 e. The summed E-state index contributed by atoms with van der Waals surface area (Å²) < 4.78 is 0. The first-order chi connectivity index (χ1) is 11.1. The Morgan fingerprint density at radius 3 is 2.30 bits per heavy atom. The van der Waals surface area contributed by atoms with Crippen LogP contribution in [0.2, 0.25) is 5.02 Å². The Hall–Kier alpha value is -0.930. The predicted octanol–water partition coefficient (Wildman–Crippen LogP) is 6.15. The van der Waals surface area contributed by atoms with E-state index in [4.69, 9.17) is 11.6 Å². The molecule has 4 heteroatoms. The average molecular weight is 354 g/mol. The van der Waals surface area contributed by atoms with E-state index in [1.54, 1.807) is 11.8 Å². The number of carbonyl (C=O) groups is 1. The SMILES string of the molecule is CCCCCC/C(=C\C(=O)N(CC)CC)Sc1ccc(Cl)cc1. The van der Waals surface area contributed by atoms with Crippen LogP contribution in [0.3, 0.4) is 0 Å². The quantitative estimate of drug-likeness (QED) is 0.285. The van der Waals surface area contributed by atoms with Gasteiger partial charge in [-0.2, -0.15) is 0 Å². The molecule has 0 N–H and O–H groups in total. The van der Waals surface area contributed by atoms with E-state index in [-0.39, 0.29) is 5.91 Å². The van der Waals surface area contributed by atoms with Crippen LogP contribution in [0.4, 0.5) is 0 Å². The lowest BCUT2D eigenvalue weighted by Gasteiger charge is -2.17. The summed E-state index contributed by atoms with van der Waals surface area (Å²) in [5.41, 5.74) is 0. The van der Waals surface area contributed by atoms with E-state index in [2.05, 4.69) is 6.92 Å². The molecule has 128 valence electrons. The highest BCUT2D eigenvalue weighted by Crippen LogP contribution is 2.31. The van der Waals surface area contributed by atoms with Gasteiger partial charge in [0.1, 0.15) is 0 Å². The van der Waals surface area contributed by atoms with Crippen LogP contribution in [0.1, 0.15) is 52.9 Å². The Morgan fingerprint density at radius 2 is 1.74 bits per heavy atom. The van der Waals surface area contributed by atoms with Gasteiger partial charge in [-0.25, -0.2) is 0 Å². The highest BCUT2D eigenvalue weighted by atomic mass is 35.5. The van der Waals surface area contributed by atoms with E-state index in [9.17, 15) is 4.79 Å². The van der Waals surface area contributed by atoms with Crippen LogP contribution in [0.15, 0.2) is 40.1 Å². The number of rotatable bonds is 10. The van der Waals surface area contributed by atoms with Gasteiger partial charge in [-0.1, -0.05) is 49.5 Å². The van der Waals surface area contributed by atoms with E-state index in [0.29, 0.717) is 0 Å². The van der Waals surface area contributed by atoms with Crippen molar-refractivity contribution in [2.24, 2.45) is 0 Å². The molecule has 0 radical (unpaired) electrons. The van der Waals surface area contributed by atoms with Crippen molar-refractivity contribution in [3.63, 3.8) is 0 Å². The first-order valence-corrected chi connectivity index (χ1v) is 9.73. The molecular weight excluding hydrogens is 326 g/mol. The zero-order chi connectivity index (χ0) is 17.1. The number of likely N-dealkylation sites (N-methyl/N-ethyl adjacent to an activating group) is 1. The van der Waals surface area contributed by atoms with Gasteiger partial charge < -0.3 is 4.90 Å². The average Bonchev–Trinajstić information content (AvgIpc) is 2.54. The Labute approximate surface area is 150 Å². The number of unbranched alkanes of at least 4 members (excludes halogenated alkanes) is 3. The molecule has 0 unspecified atom stereocenters. The van der Waals surface area contributed by atoms with Crippen molar-refractivity contribution in [3.8, 4) is 0 Å². The zero-order valence-electron chi connectivity index (χ0n) is 14.5. The minimum Gasteiger partial charge on any atom is -0.340 e. The lowest BCUT2D eigenvalue weighted by atomic mass is 10.1. The third-order valence-corrected chi connectivity index (χ3v) is 5.04. The number of amides is 1. The highest BCUT2D eigenvalue weighted by molar-refractivity contribution is 8.03. The molecule has 0 saturated carbocycles. The van der Waals surface area contributed by atoms with E-state index >= 15 is 0 Å². The van der Waals surface area contributed by atoms with Crippen molar-refractivity contribution < 1.29 is 4.79 Å². The van der Waals surface area contributed by atoms with Gasteiger partial charge >= 0.3 is 0 Å². The van der Waals surface area contributed by atoms with Crippen LogP contribution < -0.4 is 0 Å². The number of hydrogen-bond acceptors (Lipinski definition) is 2. The molecule has 2 nitrogen and oxygen atoms in total. The summed E-state index contributed by atoms with van der Waals surface area (Å²) >= 11 is 7.62. The molecule has 1 aromatic carbocycles. The molecule has 0 fully saturated rings. The van der Waals surface area contributed by atoms with Gasteiger partial charge in [0.15, 0.2) is 0 Å². The van der Waals surface area contributed by atoms with E-state index < -0.39 is 0 Å². The third-order valence-electron chi connectivity index (χ3n) is 3.70. The number of halogens is 1. The van der Waals surface area contributed by atoms with Gasteiger partial charge in [-0.05, 0) is 55.9 Å². The summed E-state index contributed by atoms with van der Waals surface area (Å²) in [6.07, 6.45) is 7.60. The number of hydrogen-bond donors (Lipinski definition) is 0. The molecular formula is C19H28ClNOS. The monoisotopic (exact) mass is 353 g/mol. The van der Waals surface area contributed by atoms with Crippen molar-refractivity contribution >= 4 is 29.3 Å². The molecule has 0 aliphatic heterocycles. The normalized spacial score (nSPS) is 11.6. The van der Waals surface area contributed by atoms with Crippen LogP contribution in [-0.2, 0) is 4.79 Å². The van der Waals surface area contributed by atoms with Gasteiger partial charge in [0, 0.05) is 29.1 Å². The Balaban J connectivity index is 2.78. The van der Waals surface area contributed by atoms with Gasteiger partial charge in [0.05, 0.1) is 0 Å². The fourth-order valence-electron chi connectivity index (χ4n) is 2.30. The molecule has 1 amide bonds. The second-order valence-electron chi connectivity index (χ2n) is 5.49. The summed E-state index contributed by atoms with van der Waals surface area (Å²) in [4.78, 5) is 16.5. The maximum Gasteiger partial charge on any atom is 0.247 e. The van der Waals surface area contributed by atoms with Crippen LogP contribution in [-0.4, -0.2) is 23.9 Å². The molecule has 0 spiro atoms. The Kier molecular flexibility index (Phi) is 10.1. The van der Waals surface area contributed by atoms with Gasteiger partial charge in [0.2, 0.25) is 5.91 Å². The van der Waals surface area contributed by atoms with E-state index in [1.165, 1.54) is 19.3 Å². The van der Waals surface area contributed by atoms with Crippen LogP contribution in [0.25, 0.3) is 0 Å². The lowest BCUT2D eigenvalue weighted by molar-refractivity contribution is -0.125. The summed E-state index contributed by atoms with van der Waals surface area (Å²) in [5.74, 6) is 0.113. The second kappa shape index (κ2) is 11.6. The predicted molar refractivity (Wildman–Crippen MR) is 102 cm³/mol. The van der Waals surface area contributed by atoms with Crippen molar-refractivity contribution in [1.29, 1.82) is 0 Å². The van der Waals surface area contributed by atoms with E-state index in [0.717, 1.165) is 40.8 Å². The smallest absolute Gasteiger partial charge is 0.247 e. The number of carbonyl (C=O) groups excluding carboxylic acids is 1. The van der Waals surface area contributed by atoms with E-state index in [1.807, 2.05) is 49.1 Å². The Morgan fingerprint density at radius 1 is 1.09 bits per heavy atom. The molecule has 0 aliphatic rings. The fourth-order valence-corrected chi connectivity index (χ4v) is 3.40. The molecule has 1 rings (SSSR count). The lowest BCUT2D eigenvalue weighted by Crippen LogP contribution is -2.28. The van der Waals surface area contributed by atoms with Crippen molar-refractivity contribution in [2.75, 3.05) is 13.1 Å². The first-order valence-electron chi connectivity index (χ1n) is 8.53. The molecule has 0 atom stereocenters. The number of allylic oxidation sites excluding steroid dienone is 1. The topological polar surface area (TPSA) is 20.3 Å². The van der Waals surface area contributed by atoms with Crippen molar-refractivity contribution in [3.05, 3.63) is 40.3 Å². The number of nitrogens with zero attached hydrogens (tertiary/aromatic N) is 1. The van der Waals surface area contributed by atoms with Crippen LogP contribution >= 0.6 is 23.4 Å². The summed E-state index contributed by atoms with van der Waals surface area (Å²) in [5, 5.41) is 0.738. The molecule has 0 saturated heterocycles. The van der Waals surface area contributed by atoms with Crippen molar-refractivity contribution in [2.45, 2.75) is 57.8 Å². The van der Waals surface area contributed by atoms with Crippen LogP contribution in [0.5, 0.6) is 0 Å². The van der Waals surface area contributed by atoms with Crippen molar-refractivity contribution in [1.82, 2.24) is 4.90 Å². The number of benzene rings is 1.